The number of likely N-dealkylation sites (N-methyl/N-ethyl adjacent to an activating group) is 1. The molecule has 204 valence electrons. The Labute approximate surface area is 231 Å². The lowest BCUT2D eigenvalue weighted by atomic mass is 9.88. The molecule has 10 heteroatoms. The first kappa shape index (κ1) is 25.8. The Bertz CT molecular complexity index is 1580. The molecule has 1 aromatic carbocycles. The summed E-state index contributed by atoms with van der Waals surface area (Å²) in [5.74, 6) is -0.0821. The van der Waals surface area contributed by atoms with Crippen LogP contribution in [0.2, 0.25) is 0 Å². The Morgan fingerprint density at radius 3 is 2.90 bits per heavy atom. The number of aromatic nitrogens is 4. The number of carbonyl (C=O) groups is 2. The van der Waals surface area contributed by atoms with Crippen molar-refractivity contribution >= 4 is 39.1 Å². The Morgan fingerprint density at radius 2 is 2.08 bits per heavy atom. The Morgan fingerprint density at radius 1 is 1.23 bits per heavy atom. The van der Waals surface area contributed by atoms with Gasteiger partial charge in [-0.15, -0.1) is 16.4 Å². The molecule has 1 aliphatic heterocycles. The highest BCUT2D eigenvalue weighted by Gasteiger charge is 2.29. The molecule has 0 bridgehead atoms. The molecule has 0 fully saturated rings. The van der Waals surface area contributed by atoms with Crippen molar-refractivity contribution in [2.75, 3.05) is 26.0 Å². The number of hydrogen-bond donors (Lipinski definition) is 1. The van der Waals surface area contributed by atoms with Crippen molar-refractivity contribution in [3.8, 4) is 0 Å². The quantitative estimate of drug-likeness (QED) is 0.365. The zero-order chi connectivity index (χ0) is 27.3. The van der Waals surface area contributed by atoms with Gasteiger partial charge in [-0.05, 0) is 62.4 Å². The molecular weight excluding hydrogens is 512 g/mol. The molecule has 3 aromatic heterocycles. The normalized spacial score (nSPS) is 17.2. The van der Waals surface area contributed by atoms with Gasteiger partial charge in [0.1, 0.15) is 17.2 Å². The third-order valence-corrected chi connectivity index (χ3v) is 9.14. The molecule has 0 saturated heterocycles. The zero-order valence-electron chi connectivity index (χ0n) is 22.9. The van der Waals surface area contributed by atoms with Gasteiger partial charge in [0, 0.05) is 41.0 Å². The van der Waals surface area contributed by atoms with E-state index in [1.165, 1.54) is 46.2 Å². The minimum absolute atomic E-state index is 0.0150. The number of aryl methyl sites for hydroxylation is 1. The number of benzene rings is 1. The van der Waals surface area contributed by atoms with Crippen LogP contribution >= 0.6 is 11.3 Å². The van der Waals surface area contributed by atoms with Crippen LogP contribution in [0.4, 0.5) is 5.00 Å². The summed E-state index contributed by atoms with van der Waals surface area (Å²) in [4.78, 5) is 29.1. The molecule has 39 heavy (non-hydrogen) atoms. The number of nitrogens with one attached hydrogen (secondary N) is 1. The molecule has 0 saturated carbocycles. The van der Waals surface area contributed by atoms with Crippen LogP contribution < -0.4 is 5.32 Å². The molecule has 0 radical (unpaired) electrons. The minimum Gasteiger partial charge on any atom is -0.465 e. The van der Waals surface area contributed by atoms with Crippen molar-refractivity contribution < 1.29 is 14.3 Å². The van der Waals surface area contributed by atoms with Crippen LogP contribution in [0.25, 0.3) is 10.9 Å². The highest BCUT2D eigenvalue weighted by Crippen LogP contribution is 2.40. The summed E-state index contributed by atoms with van der Waals surface area (Å²) in [5.41, 5.74) is 7.53. The fourth-order valence-corrected chi connectivity index (χ4v) is 7.41. The summed E-state index contributed by atoms with van der Waals surface area (Å²) in [6, 6.07) is 6.62. The van der Waals surface area contributed by atoms with Crippen molar-refractivity contribution in [1.29, 1.82) is 0 Å². The standard InChI is InChI=1S/C29H34N6O3S/c1-17-6-8-23-21(11-17)22-15-33(3)10-9-24(22)35(23)14-19-13-34(32-31-19)16-26(36)30-28-27(29(37)38-4)20-7-5-18(2)12-25(20)39-28/h6,8,11,13,18H,5,7,9-10,12,14-16H2,1-4H3,(H,30,36). The number of esters is 1. The number of ether oxygens (including phenoxy) is 1. The number of rotatable bonds is 6. The smallest absolute Gasteiger partial charge is 0.341 e. The van der Waals surface area contributed by atoms with E-state index in [9.17, 15) is 9.59 Å². The van der Waals surface area contributed by atoms with Gasteiger partial charge in [-0.2, -0.15) is 0 Å². The predicted octanol–water partition coefficient (Wildman–Crippen LogP) is 4.19. The number of amides is 1. The van der Waals surface area contributed by atoms with Crippen molar-refractivity contribution in [2.24, 2.45) is 5.92 Å². The lowest BCUT2D eigenvalue weighted by Gasteiger charge is -2.24. The maximum atomic E-state index is 13.0. The summed E-state index contributed by atoms with van der Waals surface area (Å²) in [6.45, 7) is 6.92. The first-order valence-corrected chi connectivity index (χ1v) is 14.3. The molecular formula is C29H34N6O3S. The van der Waals surface area contributed by atoms with Gasteiger partial charge in [0.2, 0.25) is 5.91 Å². The molecule has 1 atom stereocenters. The van der Waals surface area contributed by atoms with E-state index in [0.717, 1.165) is 54.9 Å². The minimum atomic E-state index is -0.399. The van der Waals surface area contributed by atoms with Gasteiger partial charge < -0.3 is 19.5 Å². The Kier molecular flexibility index (Phi) is 6.76. The lowest BCUT2D eigenvalue weighted by Crippen LogP contribution is -2.27. The van der Waals surface area contributed by atoms with Gasteiger partial charge in [-0.1, -0.05) is 23.8 Å². The van der Waals surface area contributed by atoms with Crippen LogP contribution in [0.1, 0.15) is 56.7 Å². The second-order valence-corrected chi connectivity index (χ2v) is 12.1. The molecule has 1 aliphatic carbocycles. The fourth-order valence-electron chi connectivity index (χ4n) is 6.00. The van der Waals surface area contributed by atoms with E-state index in [1.54, 1.807) is 4.68 Å². The maximum Gasteiger partial charge on any atom is 0.341 e. The van der Waals surface area contributed by atoms with E-state index in [-0.39, 0.29) is 12.5 Å². The molecule has 1 unspecified atom stereocenters. The highest BCUT2D eigenvalue weighted by atomic mass is 32.1. The summed E-state index contributed by atoms with van der Waals surface area (Å²) in [7, 11) is 3.55. The number of hydrogen-bond acceptors (Lipinski definition) is 7. The van der Waals surface area contributed by atoms with Crippen molar-refractivity contribution in [2.45, 2.75) is 59.2 Å². The van der Waals surface area contributed by atoms with E-state index in [1.807, 2.05) is 6.20 Å². The van der Waals surface area contributed by atoms with Crippen LogP contribution in [0, 0.1) is 12.8 Å². The van der Waals surface area contributed by atoms with Gasteiger partial charge >= 0.3 is 5.97 Å². The monoisotopic (exact) mass is 546 g/mol. The molecule has 0 spiro atoms. The van der Waals surface area contributed by atoms with Gasteiger partial charge in [0.15, 0.2) is 0 Å². The van der Waals surface area contributed by atoms with E-state index >= 15 is 0 Å². The highest BCUT2D eigenvalue weighted by molar-refractivity contribution is 7.17. The van der Waals surface area contributed by atoms with Crippen LogP contribution in [-0.4, -0.2) is 57.0 Å². The molecule has 1 N–H and O–H groups in total. The van der Waals surface area contributed by atoms with Crippen molar-refractivity contribution in [3.63, 3.8) is 0 Å². The number of anilines is 1. The average molecular weight is 547 g/mol. The maximum absolute atomic E-state index is 13.0. The topological polar surface area (TPSA) is 94.3 Å². The lowest BCUT2D eigenvalue weighted by molar-refractivity contribution is -0.116. The van der Waals surface area contributed by atoms with E-state index in [4.69, 9.17) is 4.74 Å². The molecule has 6 rings (SSSR count). The van der Waals surface area contributed by atoms with Gasteiger partial charge in [0.25, 0.3) is 0 Å². The molecule has 4 aromatic rings. The van der Waals surface area contributed by atoms with E-state index in [0.29, 0.717) is 23.0 Å². The second-order valence-electron chi connectivity index (χ2n) is 11.0. The molecule has 4 heterocycles. The van der Waals surface area contributed by atoms with Gasteiger partial charge in [-0.3, -0.25) is 4.79 Å². The summed E-state index contributed by atoms with van der Waals surface area (Å²) in [5, 5.41) is 13.5. The summed E-state index contributed by atoms with van der Waals surface area (Å²) >= 11 is 1.49. The zero-order valence-corrected chi connectivity index (χ0v) is 23.7. The Balaban J connectivity index is 1.21. The Hall–Kier alpha value is -3.50. The predicted molar refractivity (Wildman–Crippen MR) is 151 cm³/mol. The molecule has 9 nitrogen and oxygen atoms in total. The SMILES string of the molecule is COC(=O)c1c(NC(=O)Cn2cc(Cn3c4c(c5cc(C)ccc53)CN(C)CC4)nn2)sc2c1CCC(C)C2. The van der Waals surface area contributed by atoms with Crippen LogP contribution in [0.5, 0.6) is 0 Å². The summed E-state index contributed by atoms with van der Waals surface area (Å²) < 4.78 is 8.96. The average Bonchev–Trinajstić information content (AvgIpc) is 3.57. The fraction of sp³-hybridized carbons (Fsp3) is 0.448. The second kappa shape index (κ2) is 10.2. The van der Waals surface area contributed by atoms with Crippen LogP contribution in [0.15, 0.2) is 24.4 Å². The molecule has 1 amide bonds. The number of carbonyl (C=O) groups excluding carboxylic acids is 2. The van der Waals surface area contributed by atoms with Gasteiger partial charge in [0.05, 0.1) is 25.4 Å². The number of methoxy groups -OCH3 is 1. The van der Waals surface area contributed by atoms with Crippen LogP contribution in [-0.2, 0) is 48.4 Å². The third kappa shape index (κ3) is 4.87. The largest absolute Gasteiger partial charge is 0.465 e. The van der Waals surface area contributed by atoms with Crippen LogP contribution in [0.3, 0.4) is 0 Å². The van der Waals surface area contributed by atoms with Crippen molar-refractivity contribution in [1.82, 2.24) is 24.5 Å². The number of fused-ring (bicyclic) bond motifs is 4. The van der Waals surface area contributed by atoms with Crippen molar-refractivity contribution in [3.05, 3.63) is 62.9 Å². The number of thiophene rings is 1. The number of nitrogens with zero attached hydrogens (tertiary/aromatic N) is 5. The van der Waals surface area contributed by atoms with Gasteiger partial charge in [-0.25, -0.2) is 9.48 Å². The first-order chi connectivity index (χ1) is 18.8. The third-order valence-electron chi connectivity index (χ3n) is 7.97. The van der Waals surface area contributed by atoms with E-state index < -0.39 is 5.97 Å². The first-order valence-electron chi connectivity index (χ1n) is 13.5. The van der Waals surface area contributed by atoms with E-state index in [2.05, 4.69) is 64.2 Å². The summed E-state index contributed by atoms with van der Waals surface area (Å²) in [6.07, 6.45) is 5.60. The molecule has 2 aliphatic rings.